The van der Waals surface area contributed by atoms with E-state index in [-0.39, 0.29) is 5.75 Å². The molecule has 21 heavy (non-hydrogen) atoms. The molecule has 0 radical (unpaired) electrons. The number of aromatic nitrogens is 1. The summed E-state index contributed by atoms with van der Waals surface area (Å²) in [5.41, 5.74) is 0.904. The normalized spacial score (nSPS) is 11.3. The minimum atomic E-state index is 0.283. The summed E-state index contributed by atoms with van der Waals surface area (Å²) in [6.45, 7) is 0. The molecule has 0 saturated carbocycles. The zero-order valence-corrected chi connectivity index (χ0v) is 11.5. The van der Waals surface area contributed by atoms with Crippen molar-refractivity contribution in [3.8, 4) is 11.5 Å². The van der Waals surface area contributed by atoms with Crippen molar-refractivity contribution in [3.63, 3.8) is 0 Å². The molecule has 0 aliphatic rings. The highest BCUT2D eigenvalue weighted by Gasteiger charge is 2.08. The molecule has 1 N–H and O–H groups in total. The summed E-state index contributed by atoms with van der Waals surface area (Å²) >= 11 is 0. The van der Waals surface area contributed by atoms with Gasteiger partial charge in [0.1, 0.15) is 11.5 Å². The number of ether oxygens (including phenoxy) is 1. The number of phenols is 1. The molecular formula is C18H13NO2. The number of pyridine rings is 1. The second-order valence-electron chi connectivity index (χ2n) is 5.05. The van der Waals surface area contributed by atoms with Crippen LogP contribution in [-0.4, -0.2) is 17.2 Å². The van der Waals surface area contributed by atoms with Crippen LogP contribution >= 0.6 is 0 Å². The van der Waals surface area contributed by atoms with E-state index in [0.29, 0.717) is 0 Å². The van der Waals surface area contributed by atoms with Crippen molar-refractivity contribution in [2.45, 2.75) is 0 Å². The Hall–Kier alpha value is -2.81. The molecule has 1 aromatic heterocycles. The van der Waals surface area contributed by atoms with E-state index in [0.717, 1.165) is 38.2 Å². The number of phenolic OH excluding ortho intramolecular Hbond substituents is 1. The third-order valence-electron chi connectivity index (χ3n) is 3.89. The van der Waals surface area contributed by atoms with Gasteiger partial charge in [-0.05, 0) is 35.7 Å². The van der Waals surface area contributed by atoms with E-state index in [4.69, 9.17) is 4.74 Å². The first kappa shape index (κ1) is 12.0. The third kappa shape index (κ3) is 1.71. The van der Waals surface area contributed by atoms with Crippen LogP contribution in [0.25, 0.3) is 32.4 Å². The Balaban J connectivity index is 2.17. The van der Waals surface area contributed by atoms with Gasteiger partial charge < -0.3 is 9.84 Å². The minimum absolute atomic E-state index is 0.283. The van der Waals surface area contributed by atoms with E-state index in [2.05, 4.69) is 4.98 Å². The molecule has 0 aliphatic carbocycles. The molecule has 1 heterocycles. The molecule has 0 unspecified atom stereocenters. The summed E-state index contributed by atoms with van der Waals surface area (Å²) in [5.74, 6) is 1.10. The van der Waals surface area contributed by atoms with Crippen molar-refractivity contribution < 1.29 is 9.84 Å². The summed E-state index contributed by atoms with van der Waals surface area (Å²) in [7, 11) is 1.66. The van der Waals surface area contributed by atoms with Crippen LogP contribution < -0.4 is 4.74 Å². The van der Waals surface area contributed by atoms with Gasteiger partial charge in [-0.15, -0.1) is 0 Å². The highest BCUT2D eigenvalue weighted by Crippen LogP contribution is 2.33. The fraction of sp³-hybridized carbons (Fsp3) is 0.0556. The minimum Gasteiger partial charge on any atom is -0.507 e. The van der Waals surface area contributed by atoms with E-state index in [1.807, 2.05) is 48.7 Å². The lowest BCUT2D eigenvalue weighted by molar-refractivity contribution is 0.415. The maximum Gasteiger partial charge on any atom is 0.123 e. The Morgan fingerprint density at radius 1 is 0.905 bits per heavy atom. The summed E-state index contributed by atoms with van der Waals surface area (Å²) < 4.78 is 5.26. The van der Waals surface area contributed by atoms with Gasteiger partial charge in [-0.1, -0.05) is 18.2 Å². The van der Waals surface area contributed by atoms with Gasteiger partial charge >= 0.3 is 0 Å². The van der Waals surface area contributed by atoms with E-state index >= 15 is 0 Å². The third-order valence-corrected chi connectivity index (χ3v) is 3.89. The Morgan fingerprint density at radius 2 is 1.67 bits per heavy atom. The summed E-state index contributed by atoms with van der Waals surface area (Å²) in [6, 6.07) is 15.5. The number of hydrogen-bond donors (Lipinski definition) is 1. The van der Waals surface area contributed by atoms with Crippen molar-refractivity contribution in [1.82, 2.24) is 4.98 Å². The van der Waals surface area contributed by atoms with Crippen LogP contribution in [0.15, 0.2) is 54.7 Å². The van der Waals surface area contributed by atoms with Gasteiger partial charge in [-0.2, -0.15) is 0 Å². The van der Waals surface area contributed by atoms with Crippen molar-refractivity contribution in [2.75, 3.05) is 7.11 Å². The van der Waals surface area contributed by atoms with Gasteiger partial charge in [-0.25, -0.2) is 0 Å². The smallest absolute Gasteiger partial charge is 0.123 e. The fourth-order valence-electron chi connectivity index (χ4n) is 2.84. The molecular weight excluding hydrogens is 262 g/mol. The second kappa shape index (κ2) is 4.35. The van der Waals surface area contributed by atoms with Gasteiger partial charge in [0.15, 0.2) is 0 Å². The Bertz CT molecular complexity index is 992. The lowest BCUT2D eigenvalue weighted by atomic mass is 10.0. The number of hydrogen-bond acceptors (Lipinski definition) is 3. The highest BCUT2D eigenvalue weighted by atomic mass is 16.5. The van der Waals surface area contributed by atoms with E-state index in [9.17, 15) is 5.11 Å². The Labute approximate surface area is 121 Å². The van der Waals surface area contributed by atoms with Crippen molar-refractivity contribution in [3.05, 3.63) is 54.7 Å². The van der Waals surface area contributed by atoms with Crippen molar-refractivity contribution in [1.29, 1.82) is 0 Å². The van der Waals surface area contributed by atoms with E-state index < -0.39 is 0 Å². The molecule has 102 valence electrons. The first-order valence-electron chi connectivity index (χ1n) is 6.75. The molecule has 0 spiro atoms. The predicted octanol–water partition coefficient (Wildman–Crippen LogP) is 4.26. The zero-order chi connectivity index (χ0) is 14.4. The first-order chi connectivity index (χ1) is 10.3. The molecule has 3 nitrogen and oxygen atoms in total. The topological polar surface area (TPSA) is 42.4 Å². The largest absolute Gasteiger partial charge is 0.507 e. The fourth-order valence-corrected chi connectivity index (χ4v) is 2.84. The maximum atomic E-state index is 9.97. The molecule has 0 atom stereocenters. The van der Waals surface area contributed by atoms with Crippen LogP contribution in [0.2, 0.25) is 0 Å². The van der Waals surface area contributed by atoms with Gasteiger partial charge in [-0.3, -0.25) is 4.98 Å². The van der Waals surface area contributed by atoms with Crippen LogP contribution in [0.1, 0.15) is 0 Å². The van der Waals surface area contributed by atoms with Crippen molar-refractivity contribution in [2.24, 2.45) is 0 Å². The van der Waals surface area contributed by atoms with Gasteiger partial charge in [0.25, 0.3) is 0 Å². The van der Waals surface area contributed by atoms with Gasteiger partial charge in [0, 0.05) is 27.7 Å². The van der Waals surface area contributed by atoms with Crippen LogP contribution in [0.5, 0.6) is 11.5 Å². The van der Waals surface area contributed by atoms with Crippen LogP contribution in [-0.2, 0) is 0 Å². The average Bonchev–Trinajstić information content (AvgIpc) is 2.54. The number of nitrogens with zero attached hydrogens (tertiary/aromatic N) is 1. The van der Waals surface area contributed by atoms with Crippen molar-refractivity contribution >= 4 is 32.4 Å². The average molecular weight is 275 g/mol. The van der Waals surface area contributed by atoms with Gasteiger partial charge in [0.05, 0.1) is 12.6 Å². The summed E-state index contributed by atoms with van der Waals surface area (Å²) in [5, 5.41) is 15.0. The number of aromatic hydroxyl groups is 1. The highest BCUT2D eigenvalue weighted by molar-refractivity contribution is 6.16. The maximum absolute atomic E-state index is 9.97. The number of benzene rings is 3. The molecule has 4 rings (SSSR count). The van der Waals surface area contributed by atoms with Crippen LogP contribution in [0.3, 0.4) is 0 Å². The lowest BCUT2D eigenvalue weighted by Crippen LogP contribution is -1.87. The molecule has 4 aromatic rings. The monoisotopic (exact) mass is 275 g/mol. The lowest BCUT2D eigenvalue weighted by Gasteiger charge is -2.08. The van der Waals surface area contributed by atoms with Crippen LogP contribution in [0, 0.1) is 0 Å². The molecule has 0 fully saturated rings. The number of rotatable bonds is 1. The second-order valence-corrected chi connectivity index (χ2v) is 5.05. The summed E-state index contributed by atoms with van der Waals surface area (Å²) in [4.78, 5) is 4.59. The molecule has 3 aromatic carbocycles. The Kier molecular flexibility index (Phi) is 2.48. The standard InChI is InChI=1S/C18H13NO2/c1-21-12-5-6-13-11(9-12)10-19-18-15-3-2-4-17(20)14(15)7-8-16(13)18/h2-10,20H,1H3. The first-order valence-corrected chi connectivity index (χ1v) is 6.75. The van der Waals surface area contributed by atoms with Gasteiger partial charge in [0.2, 0.25) is 0 Å². The molecule has 0 aliphatic heterocycles. The van der Waals surface area contributed by atoms with E-state index in [1.54, 1.807) is 13.2 Å². The predicted molar refractivity (Wildman–Crippen MR) is 85.0 cm³/mol. The Morgan fingerprint density at radius 3 is 2.52 bits per heavy atom. The molecule has 0 bridgehead atoms. The zero-order valence-electron chi connectivity index (χ0n) is 11.5. The van der Waals surface area contributed by atoms with E-state index in [1.165, 1.54) is 0 Å². The number of methoxy groups -OCH3 is 1. The van der Waals surface area contributed by atoms with Crippen LogP contribution in [0.4, 0.5) is 0 Å². The molecule has 0 saturated heterocycles. The number of fused-ring (bicyclic) bond motifs is 5. The quantitative estimate of drug-likeness (QED) is 0.528. The molecule has 0 amide bonds. The summed E-state index contributed by atoms with van der Waals surface area (Å²) in [6.07, 6.45) is 1.85. The molecule has 3 heteroatoms. The SMILES string of the molecule is COc1ccc2c(cnc3c4cccc(O)c4ccc23)c1.